The van der Waals surface area contributed by atoms with Gasteiger partial charge in [-0.05, 0) is 59.7 Å². The van der Waals surface area contributed by atoms with E-state index in [9.17, 15) is 0 Å². The van der Waals surface area contributed by atoms with Crippen LogP contribution in [-0.2, 0) is 0 Å². The van der Waals surface area contributed by atoms with Gasteiger partial charge in [-0.1, -0.05) is 97.1 Å². The van der Waals surface area contributed by atoms with Gasteiger partial charge in [0.1, 0.15) is 5.69 Å². The lowest BCUT2D eigenvalue weighted by Gasteiger charge is -2.14. The average Bonchev–Trinajstić information content (AvgIpc) is 3.47. The highest BCUT2D eigenvalue weighted by Crippen LogP contribution is 2.42. The summed E-state index contributed by atoms with van der Waals surface area (Å²) in [5.41, 5.74) is 7.15. The molecule has 1 aliphatic carbocycles. The van der Waals surface area contributed by atoms with Gasteiger partial charge in [-0.2, -0.15) is 0 Å². The zero-order valence-corrected chi connectivity index (χ0v) is 24.1. The standard InChI is InChI=1S/C39H25N3S/c1-2-11-24(12-3-1)25-13-10-14-26(23-25)37-29-17-6-8-19-31(29)41-39(42-37)38-28-16-5-4-15-27(28)35-32(40-38)21-22-34-36(35)30-18-7-9-20-33(30)43-34/h2,4-23H,1,3H2. The van der Waals surface area contributed by atoms with Crippen LogP contribution in [-0.4, -0.2) is 15.0 Å². The van der Waals surface area contributed by atoms with Crippen molar-refractivity contribution in [3.05, 3.63) is 133 Å². The molecule has 0 bridgehead atoms. The van der Waals surface area contributed by atoms with Crippen molar-refractivity contribution in [3.63, 3.8) is 0 Å². The molecule has 3 heterocycles. The molecule has 202 valence electrons. The maximum Gasteiger partial charge on any atom is 0.179 e. The molecule has 3 nitrogen and oxygen atoms in total. The molecule has 9 rings (SSSR count). The second-order valence-electron chi connectivity index (χ2n) is 11.1. The Labute approximate surface area is 252 Å². The minimum atomic E-state index is 0.643. The molecule has 0 N–H and O–H groups in total. The van der Waals surface area contributed by atoms with Crippen LogP contribution < -0.4 is 0 Å². The second-order valence-corrected chi connectivity index (χ2v) is 12.2. The first-order chi connectivity index (χ1) is 21.3. The number of thiophene rings is 1. The predicted molar refractivity (Wildman–Crippen MR) is 182 cm³/mol. The van der Waals surface area contributed by atoms with Crippen LogP contribution in [0.5, 0.6) is 0 Å². The van der Waals surface area contributed by atoms with Crippen LogP contribution in [0.4, 0.5) is 0 Å². The van der Waals surface area contributed by atoms with E-state index in [0.717, 1.165) is 51.6 Å². The van der Waals surface area contributed by atoms with Crippen molar-refractivity contribution in [3.8, 4) is 22.8 Å². The summed E-state index contributed by atoms with van der Waals surface area (Å²) >= 11 is 1.84. The van der Waals surface area contributed by atoms with Crippen LogP contribution in [0.25, 0.3) is 81.1 Å². The molecular formula is C39H25N3S. The van der Waals surface area contributed by atoms with Gasteiger partial charge in [0.05, 0.1) is 16.7 Å². The van der Waals surface area contributed by atoms with Crippen LogP contribution in [0.3, 0.4) is 0 Å². The summed E-state index contributed by atoms with van der Waals surface area (Å²) in [5.74, 6) is 0.643. The van der Waals surface area contributed by atoms with Gasteiger partial charge in [0.15, 0.2) is 5.82 Å². The number of allylic oxidation sites excluding steroid dienone is 4. The molecule has 0 amide bonds. The number of hydrogen-bond acceptors (Lipinski definition) is 4. The van der Waals surface area contributed by atoms with E-state index in [1.54, 1.807) is 0 Å². The Kier molecular flexibility index (Phi) is 5.50. The van der Waals surface area contributed by atoms with Crippen LogP contribution >= 0.6 is 11.3 Å². The molecule has 0 unspecified atom stereocenters. The third kappa shape index (κ3) is 3.91. The zero-order chi connectivity index (χ0) is 28.3. The fraction of sp³-hybridized carbons (Fsp3) is 0.0513. The molecule has 0 aliphatic heterocycles. The van der Waals surface area contributed by atoms with E-state index in [-0.39, 0.29) is 0 Å². The summed E-state index contributed by atoms with van der Waals surface area (Å²) in [6.45, 7) is 0. The third-order valence-corrected chi connectivity index (χ3v) is 9.62. The second kappa shape index (κ2) is 9.69. The molecule has 0 fully saturated rings. The van der Waals surface area contributed by atoms with Crippen molar-refractivity contribution in [1.29, 1.82) is 0 Å². The smallest absolute Gasteiger partial charge is 0.179 e. The largest absolute Gasteiger partial charge is 0.244 e. The number of rotatable bonds is 3. The lowest BCUT2D eigenvalue weighted by Crippen LogP contribution is -1.99. The number of hydrogen-bond donors (Lipinski definition) is 0. The van der Waals surface area contributed by atoms with E-state index < -0.39 is 0 Å². The van der Waals surface area contributed by atoms with Gasteiger partial charge in [0, 0.05) is 41.9 Å². The minimum absolute atomic E-state index is 0.643. The highest BCUT2D eigenvalue weighted by molar-refractivity contribution is 7.26. The van der Waals surface area contributed by atoms with Crippen molar-refractivity contribution in [2.24, 2.45) is 0 Å². The normalized spacial score (nSPS) is 13.4. The van der Waals surface area contributed by atoms with Crippen molar-refractivity contribution >= 4 is 69.7 Å². The summed E-state index contributed by atoms with van der Waals surface area (Å²) in [6, 6.07) is 38.6. The quantitative estimate of drug-likeness (QED) is 0.199. The molecule has 1 aliphatic rings. The van der Waals surface area contributed by atoms with Crippen molar-refractivity contribution in [2.75, 3.05) is 0 Å². The summed E-state index contributed by atoms with van der Waals surface area (Å²) in [5, 5.41) is 7.01. The fourth-order valence-corrected chi connectivity index (χ4v) is 7.62. The molecule has 0 radical (unpaired) electrons. The molecule has 5 aromatic carbocycles. The van der Waals surface area contributed by atoms with E-state index in [1.807, 2.05) is 17.4 Å². The maximum absolute atomic E-state index is 5.30. The number of aromatic nitrogens is 3. The van der Waals surface area contributed by atoms with Gasteiger partial charge in [0.2, 0.25) is 0 Å². The van der Waals surface area contributed by atoms with E-state index in [2.05, 4.69) is 121 Å². The Balaban J connectivity index is 1.32. The monoisotopic (exact) mass is 567 g/mol. The minimum Gasteiger partial charge on any atom is -0.244 e. The van der Waals surface area contributed by atoms with Gasteiger partial charge in [0.25, 0.3) is 0 Å². The Morgan fingerprint density at radius 1 is 0.512 bits per heavy atom. The molecule has 43 heavy (non-hydrogen) atoms. The SMILES string of the molecule is C1=CC(c2cccc(-c3nc(-c4nc5ccc6sc7ccccc7c6c5c5ccccc45)nc4ccccc34)c2)=CCC1. The number of nitrogens with zero attached hydrogens (tertiary/aromatic N) is 3. The van der Waals surface area contributed by atoms with E-state index >= 15 is 0 Å². The number of para-hydroxylation sites is 1. The van der Waals surface area contributed by atoms with Crippen LogP contribution in [0.15, 0.2) is 127 Å². The van der Waals surface area contributed by atoms with Crippen LogP contribution in [0, 0.1) is 0 Å². The highest BCUT2D eigenvalue weighted by Gasteiger charge is 2.19. The van der Waals surface area contributed by atoms with Crippen molar-refractivity contribution < 1.29 is 0 Å². The zero-order valence-electron chi connectivity index (χ0n) is 23.3. The van der Waals surface area contributed by atoms with Crippen LogP contribution in [0.2, 0.25) is 0 Å². The van der Waals surface area contributed by atoms with Crippen LogP contribution in [0.1, 0.15) is 18.4 Å². The molecule has 0 atom stereocenters. The lowest BCUT2D eigenvalue weighted by atomic mass is 9.96. The molecular weight excluding hydrogens is 543 g/mol. The Morgan fingerprint density at radius 2 is 1.30 bits per heavy atom. The number of fused-ring (bicyclic) bond motifs is 8. The van der Waals surface area contributed by atoms with Gasteiger partial charge in [-0.25, -0.2) is 15.0 Å². The molecule has 3 aromatic heterocycles. The van der Waals surface area contributed by atoms with E-state index in [4.69, 9.17) is 15.0 Å². The van der Waals surface area contributed by atoms with Crippen molar-refractivity contribution in [1.82, 2.24) is 15.0 Å². The molecule has 8 aromatic rings. The van der Waals surface area contributed by atoms with Gasteiger partial charge in [-0.3, -0.25) is 0 Å². The number of pyridine rings is 1. The van der Waals surface area contributed by atoms with Gasteiger partial charge >= 0.3 is 0 Å². The highest BCUT2D eigenvalue weighted by atomic mass is 32.1. The molecule has 0 saturated heterocycles. The van der Waals surface area contributed by atoms with E-state index in [0.29, 0.717) is 5.82 Å². The third-order valence-electron chi connectivity index (χ3n) is 8.48. The Morgan fingerprint density at radius 3 is 2.19 bits per heavy atom. The maximum atomic E-state index is 5.30. The first kappa shape index (κ1) is 24.4. The topological polar surface area (TPSA) is 38.7 Å². The summed E-state index contributed by atoms with van der Waals surface area (Å²) in [4.78, 5) is 15.7. The van der Waals surface area contributed by atoms with Crippen molar-refractivity contribution in [2.45, 2.75) is 12.8 Å². The Hall–Kier alpha value is -5.19. The summed E-state index contributed by atoms with van der Waals surface area (Å²) in [7, 11) is 0. The summed E-state index contributed by atoms with van der Waals surface area (Å²) in [6.07, 6.45) is 8.98. The summed E-state index contributed by atoms with van der Waals surface area (Å²) < 4.78 is 2.57. The van der Waals surface area contributed by atoms with E-state index in [1.165, 1.54) is 42.1 Å². The van der Waals surface area contributed by atoms with Gasteiger partial charge in [-0.15, -0.1) is 11.3 Å². The Bertz CT molecular complexity index is 2470. The first-order valence-corrected chi connectivity index (χ1v) is 15.5. The fourth-order valence-electron chi connectivity index (χ4n) is 6.51. The molecule has 4 heteroatoms. The number of benzene rings is 5. The first-order valence-electron chi connectivity index (χ1n) is 14.7. The average molecular weight is 568 g/mol. The predicted octanol–water partition coefficient (Wildman–Crippen LogP) is 10.8. The molecule has 0 saturated carbocycles. The lowest BCUT2D eigenvalue weighted by molar-refractivity contribution is 1.04. The molecule has 0 spiro atoms. The van der Waals surface area contributed by atoms with Gasteiger partial charge < -0.3 is 0 Å².